The van der Waals surface area contributed by atoms with Gasteiger partial charge in [-0.15, -0.1) is 0 Å². The van der Waals surface area contributed by atoms with Gasteiger partial charge in [0.15, 0.2) is 0 Å². The van der Waals surface area contributed by atoms with Crippen LogP contribution in [0.3, 0.4) is 0 Å². The summed E-state index contributed by atoms with van der Waals surface area (Å²) in [5.74, 6) is 0.0667. The van der Waals surface area contributed by atoms with Crippen LogP contribution in [-0.4, -0.2) is 47.4 Å². The van der Waals surface area contributed by atoms with Crippen molar-refractivity contribution in [2.24, 2.45) is 5.41 Å². The second-order valence-corrected chi connectivity index (χ2v) is 7.04. The molecule has 0 bridgehead atoms. The summed E-state index contributed by atoms with van der Waals surface area (Å²) in [4.78, 5) is 16.4. The fourth-order valence-corrected chi connectivity index (χ4v) is 2.72. The smallest absolute Gasteiger partial charge is 0.240 e. The molecular weight excluding hydrogens is 226 g/mol. The van der Waals surface area contributed by atoms with E-state index in [4.69, 9.17) is 5.26 Å². The number of nitriles is 1. The number of carbonyl (C=O) groups is 1. The van der Waals surface area contributed by atoms with E-state index in [0.29, 0.717) is 0 Å². The Bertz CT molecular complexity index is 362. The van der Waals surface area contributed by atoms with Crippen LogP contribution in [0.15, 0.2) is 0 Å². The third kappa shape index (κ3) is 3.23. The Morgan fingerprint density at radius 1 is 1.39 bits per heavy atom. The first-order chi connectivity index (χ1) is 8.08. The lowest BCUT2D eigenvalue weighted by atomic mass is 9.90. The quantitative estimate of drug-likeness (QED) is 0.714. The second kappa shape index (κ2) is 4.89. The maximum Gasteiger partial charge on any atom is 0.240 e. The highest BCUT2D eigenvalue weighted by Crippen LogP contribution is 2.30. The Balaban J connectivity index is 3.16. The molecule has 1 rings (SSSR count). The molecule has 0 radical (unpaired) electrons. The topological polar surface area (TPSA) is 47.3 Å². The van der Waals surface area contributed by atoms with Gasteiger partial charge in [-0.2, -0.15) is 5.26 Å². The average molecular weight is 251 g/mol. The molecule has 0 aromatic heterocycles. The molecule has 1 amide bonds. The van der Waals surface area contributed by atoms with Gasteiger partial charge in [-0.3, -0.25) is 9.69 Å². The van der Waals surface area contributed by atoms with Crippen LogP contribution in [0.4, 0.5) is 0 Å². The molecule has 1 aliphatic rings. The van der Waals surface area contributed by atoms with Gasteiger partial charge in [-0.1, -0.05) is 13.8 Å². The van der Waals surface area contributed by atoms with Crippen LogP contribution in [0.5, 0.6) is 0 Å². The molecule has 102 valence electrons. The molecule has 4 heteroatoms. The van der Waals surface area contributed by atoms with E-state index in [1.807, 2.05) is 7.05 Å². The Morgan fingerprint density at radius 3 is 2.39 bits per heavy atom. The summed E-state index contributed by atoms with van der Waals surface area (Å²) in [6, 6.07) is 1.84. The van der Waals surface area contributed by atoms with Gasteiger partial charge in [0.1, 0.15) is 6.04 Å². The number of rotatable bonds is 1. The van der Waals surface area contributed by atoms with Gasteiger partial charge in [0.2, 0.25) is 5.91 Å². The van der Waals surface area contributed by atoms with E-state index >= 15 is 0 Å². The largest absolute Gasteiger partial charge is 0.344 e. The average Bonchev–Trinajstić information content (AvgIpc) is 2.27. The van der Waals surface area contributed by atoms with Crippen molar-refractivity contribution in [1.82, 2.24) is 9.80 Å². The van der Waals surface area contributed by atoms with E-state index in [1.54, 1.807) is 4.90 Å². The Kier molecular flexibility index (Phi) is 4.07. The van der Waals surface area contributed by atoms with Crippen molar-refractivity contribution < 1.29 is 4.79 Å². The molecular formula is C14H25N3O. The molecule has 4 nitrogen and oxygen atoms in total. The Morgan fingerprint density at radius 2 is 1.94 bits per heavy atom. The summed E-state index contributed by atoms with van der Waals surface area (Å²) < 4.78 is 0. The summed E-state index contributed by atoms with van der Waals surface area (Å²) >= 11 is 0. The summed E-state index contributed by atoms with van der Waals surface area (Å²) in [7, 11) is 1.83. The van der Waals surface area contributed by atoms with Gasteiger partial charge < -0.3 is 4.90 Å². The van der Waals surface area contributed by atoms with E-state index in [2.05, 4.69) is 45.6 Å². The normalized spacial score (nSPS) is 25.7. The molecule has 0 N–H and O–H groups in total. The molecule has 18 heavy (non-hydrogen) atoms. The fraction of sp³-hybridized carbons (Fsp3) is 0.857. The minimum Gasteiger partial charge on any atom is -0.344 e. The van der Waals surface area contributed by atoms with Crippen LogP contribution in [0, 0.1) is 16.7 Å². The first-order valence-electron chi connectivity index (χ1n) is 6.47. The number of carbonyl (C=O) groups excluding carboxylic acids is 1. The monoisotopic (exact) mass is 251 g/mol. The lowest BCUT2D eigenvalue weighted by molar-refractivity contribution is -0.135. The molecule has 1 heterocycles. The highest BCUT2D eigenvalue weighted by atomic mass is 16.2. The second-order valence-electron chi connectivity index (χ2n) is 7.04. The van der Waals surface area contributed by atoms with Crippen molar-refractivity contribution in [3.8, 4) is 6.07 Å². The predicted molar refractivity (Wildman–Crippen MR) is 71.9 cm³/mol. The van der Waals surface area contributed by atoms with Crippen LogP contribution < -0.4 is 0 Å². The van der Waals surface area contributed by atoms with E-state index < -0.39 is 0 Å². The van der Waals surface area contributed by atoms with Crippen molar-refractivity contribution in [1.29, 1.82) is 5.26 Å². The lowest BCUT2D eigenvalue weighted by Gasteiger charge is -2.41. The Labute approximate surface area is 111 Å². The summed E-state index contributed by atoms with van der Waals surface area (Å²) in [6.45, 7) is 12.2. The first-order valence-corrected chi connectivity index (χ1v) is 6.47. The van der Waals surface area contributed by atoms with Crippen LogP contribution in [0.25, 0.3) is 0 Å². The van der Waals surface area contributed by atoms with Crippen molar-refractivity contribution in [2.75, 3.05) is 20.1 Å². The van der Waals surface area contributed by atoms with Gasteiger partial charge in [0, 0.05) is 25.7 Å². The minimum absolute atomic E-state index is 0.0435. The molecule has 1 unspecified atom stereocenters. The van der Waals surface area contributed by atoms with Crippen LogP contribution in [-0.2, 0) is 4.79 Å². The van der Waals surface area contributed by atoms with Crippen LogP contribution >= 0.6 is 0 Å². The van der Waals surface area contributed by atoms with E-state index in [1.165, 1.54) is 0 Å². The van der Waals surface area contributed by atoms with Gasteiger partial charge in [0.25, 0.3) is 0 Å². The molecule has 0 saturated carbocycles. The molecule has 1 fully saturated rings. The maximum absolute atomic E-state index is 12.4. The van der Waals surface area contributed by atoms with Gasteiger partial charge in [-0.25, -0.2) is 0 Å². The van der Waals surface area contributed by atoms with Crippen LogP contribution in [0.2, 0.25) is 0 Å². The molecule has 0 aromatic carbocycles. The third-order valence-electron chi connectivity index (χ3n) is 3.45. The number of likely N-dealkylation sites (N-methyl/N-ethyl adjacent to an activating group) is 1. The van der Waals surface area contributed by atoms with Gasteiger partial charge in [-0.05, 0) is 26.2 Å². The summed E-state index contributed by atoms with van der Waals surface area (Å²) in [5, 5.41) is 8.98. The summed E-state index contributed by atoms with van der Waals surface area (Å²) in [5.41, 5.74) is -0.0679. The van der Waals surface area contributed by atoms with Crippen molar-refractivity contribution in [2.45, 2.75) is 52.6 Å². The molecule has 1 saturated heterocycles. The van der Waals surface area contributed by atoms with E-state index in [9.17, 15) is 4.79 Å². The highest BCUT2D eigenvalue weighted by molar-refractivity contribution is 5.82. The molecule has 0 aliphatic carbocycles. The highest BCUT2D eigenvalue weighted by Gasteiger charge is 2.42. The fourth-order valence-electron chi connectivity index (χ4n) is 2.72. The van der Waals surface area contributed by atoms with Crippen molar-refractivity contribution >= 4 is 5.91 Å². The first kappa shape index (κ1) is 15.0. The summed E-state index contributed by atoms with van der Waals surface area (Å²) in [6.07, 6.45) is 0.260. The molecule has 0 spiro atoms. The van der Waals surface area contributed by atoms with Crippen molar-refractivity contribution in [3.05, 3.63) is 0 Å². The zero-order chi connectivity index (χ0) is 14.1. The number of nitrogens with zero attached hydrogens (tertiary/aromatic N) is 3. The maximum atomic E-state index is 12.4. The standard InChI is InChI=1S/C14H25N3O/c1-13(2,3)17-10-14(4,5)9-16(6)12(18)11(17)7-8-15/h11H,7,9-10H2,1-6H3. The third-order valence-corrected chi connectivity index (χ3v) is 3.45. The molecule has 1 atom stereocenters. The lowest BCUT2D eigenvalue weighted by Crippen LogP contribution is -2.53. The van der Waals surface area contributed by atoms with Gasteiger partial charge >= 0.3 is 0 Å². The zero-order valence-corrected chi connectivity index (χ0v) is 12.4. The molecule has 1 aliphatic heterocycles. The van der Waals surface area contributed by atoms with E-state index in [-0.39, 0.29) is 29.3 Å². The minimum atomic E-state index is -0.318. The Hall–Kier alpha value is -1.08. The SMILES string of the molecule is CN1CC(C)(C)CN(C(C)(C)C)C(CC#N)C1=O. The van der Waals surface area contributed by atoms with Gasteiger partial charge in [0.05, 0.1) is 12.5 Å². The van der Waals surface area contributed by atoms with Crippen LogP contribution in [0.1, 0.15) is 41.0 Å². The number of hydrogen-bond donors (Lipinski definition) is 0. The zero-order valence-electron chi connectivity index (χ0n) is 12.4. The number of hydrogen-bond acceptors (Lipinski definition) is 3. The predicted octanol–water partition coefficient (Wildman–Crippen LogP) is 1.87. The van der Waals surface area contributed by atoms with E-state index in [0.717, 1.165) is 13.1 Å². The number of amides is 1. The molecule has 0 aromatic rings. The van der Waals surface area contributed by atoms with Crippen molar-refractivity contribution in [3.63, 3.8) is 0 Å².